The Morgan fingerprint density at radius 3 is 2.31 bits per heavy atom. The van der Waals surface area contributed by atoms with E-state index in [0.29, 0.717) is 11.4 Å². The average Bonchev–Trinajstić information content (AvgIpc) is 2.09. The monoisotopic (exact) mass is 221 g/mol. The van der Waals surface area contributed by atoms with Gasteiger partial charge in [0.25, 0.3) is 0 Å². The van der Waals surface area contributed by atoms with Gasteiger partial charge < -0.3 is 10.1 Å². The largest absolute Gasteiger partial charge is 0.424 e. The van der Waals surface area contributed by atoms with Crippen LogP contribution in [0.4, 0.5) is 5.69 Å². The number of esters is 1. The molecular weight excluding hydrogens is 206 g/mol. The van der Waals surface area contributed by atoms with E-state index in [4.69, 9.17) is 4.74 Å². The van der Waals surface area contributed by atoms with E-state index < -0.39 is 5.97 Å². The van der Waals surface area contributed by atoms with Crippen LogP contribution in [0.1, 0.15) is 25.0 Å². The van der Waals surface area contributed by atoms with E-state index in [1.54, 1.807) is 6.07 Å². The van der Waals surface area contributed by atoms with Crippen LogP contribution in [0.2, 0.25) is 0 Å². The average molecular weight is 221 g/mol. The maximum absolute atomic E-state index is 11.0. The Labute approximate surface area is 94.6 Å². The molecule has 4 heteroatoms. The summed E-state index contributed by atoms with van der Waals surface area (Å²) in [6.45, 7) is 6.49. The van der Waals surface area contributed by atoms with E-state index in [1.165, 1.54) is 13.8 Å². The van der Waals surface area contributed by atoms with Crippen molar-refractivity contribution in [3.63, 3.8) is 0 Å². The van der Waals surface area contributed by atoms with Crippen LogP contribution in [0.25, 0.3) is 0 Å². The summed E-state index contributed by atoms with van der Waals surface area (Å²) in [5, 5.41) is 2.66. The molecule has 0 aliphatic carbocycles. The van der Waals surface area contributed by atoms with Gasteiger partial charge in [-0.2, -0.15) is 0 Å². The van der Waals surface area contributed by atoms with Gasteiger partial charge >= 0.3 is 5.97 Å². The summed E-state index contributed by atoms with van der Waals surface area (Å²) in [6, 6.07) is 3.64. The first-order valence-corrected chi connectivity index (χ1v) is 4.97. The van der Waals surface area contributed by atoms with Crippen molar-refractivity contribution in [2.45, 2.75) is 27.7 Å². The lowest BCUT2D eigenvalue weighted by atomic mass is 10.1. The fourth-order valence-corrected chi connectivity index (χ4v) is 1.50. The van der Waals surface area contributed by atoms with Crippen molar-refractivity contribution in [1.82, 2.24) is 0 Å². The van der Waals surface area contributed by atoms with Crippen LogP contribution >= 0.6 is 0 Å². The van der Waals surface area contributed by atoms with Crippen LogP contribution in [0.15, 0.2) is 12.1 Å². The van der Waals surface area contributed by atoms with Crippen LogP contribution in [0.5, 0.6) is 5.75 Å². The summed E-state index contributed by atoms with van der Waals surface area (Å²) in [5.74, 6) is -0.211. The molecule has 0 fully saturated rings. The van der Waals surface area contributed by atoms with Crippen LogP contribution < -0.4 is 10.1 Å². The Bertz CT molecular complexity index is 438. The fourth-order valence-electron chi connectivity index (χ4n) is 1.50. The van der Waals surface area contributed by atoms with Crippen molar-refractivity contribution in [2.75, 3.05) is 5.32 Å². The van der Waals surface area contributed by atoms with Gasteiger partial charge in [-0.25, -0.2) is 0 Å². The number of carbonyl (C=O) groups is 2. The highest BCUT2D eigenvalue weighted by Crippen LogP contribution is 2.30. The summed E-state index contributed by atoms with van der Waals surface area (Å²) in [5.41, 5.74) is 2.39. The quantitative estimate of drug-likeness (QED) is 0.615. The van der Waals surface area contributed by atoms with E-state index in [1.807, 2.05) is 19.9 Å². The van der Waals surface area contributed by atoms with Gasteiger partial charge in [0.05, 0.1) is 5.69 Å². The van der Waals surface area contributed by atoms with Crippen molar-refractivity contribution < 1.29 is 14.3 Å². The van der Waals surface area contributed by atoms with Gasteiger partial charge in [0.1, 0.15) is 0 Å². The number of aryl methyl sites for hydroxylation is 2. The molecule has 0 unspecified atom stereocenters. The molecule has 1 N–H and O–H groups in total. The zero-order chi connectivity index (χ0) is 12.3. The molecule has 1 amide bonds. The second-order valence-corrected chi connectivity index (χ2v) is 3.73. The van der Waals surface area contributed by atoms with Crippen molar-refractivity contribution in [3.8, 4) is 5.75 Å². The van der Waals surface area contributed by atoms with Crippen LogP contribution in [0, 0.1) is 13.8 Å². The normalized spacial score (nSPS) is 9.75. The standard InChI is InChI=1S/C12H15NO3/c1-7-5-8(2)12(13-9(3)14)11(6-7)16-10(4)15/h5-6H,1-4H3,(H,13,14). The minimum absolute atomic E-state index is 0.194. The molecule has 0 saturated carbocycles. The van der Waals surface area contributed by atoms with Crippen LogP contribution in [-0.2, 0) is 9.59 Å². The van der Waals surface area contributed by atoms with E-state index in [-0.39, 0.29) is 5.91 Å². The van der Waals surface area contributed by atoms with Crippen molar-refractivity contribution in [2.24, 2.45) is 0 Å². The maximum Gasteiger partial charge on any atom is 0.308 e. The van der Waals surface area contributed by atoms with Gasteiger partial charge in [-0.15, -0.1) is 0 Å². The molecule has 4 nitrogen and oxygen atoms in total. The Morgan fingerprint density at radius 2 is 1.81 bits per heavy atom. The molecular formula is C12H15NO3. The van der Waals surface area contributed by atoms with Crippen LogP contribution in [0.3, 0.4) is 0 Å². The van der Waals surface area contributed by atoms with E-state index >= 15 is 0 Å². The highest BCUT2D eigenvalue weighted by molar-refractivity contribution is 5.92. The Hall–Kier alpha value is -1.84. The fraction of sp³-hybridized carbons (Fsp3) is 0.333. The van der Waals surface area contributed by atoms with E-state index in [2.05, 4.69) is 5.32 Å². The van der Waals surface area contributed by atoms with Crippen molar-refractivity contribution >= 4 is 17.6 Å². The molecule has 0 aromatic heterocycles. The zero-order valence-electron chi connectivity index (χ0n) is 9.88. The molecule has 1 aromatic carbocycles. The number of rotatable bonds is 2. The van der Waals surface area contributed by atoms with Gasteiger partial charge in [-0.1, -0.05) is 6.07 Å². The highest BCUT2D eigenvalue weighted by Gasteiger charge is 2.11. The molecule has 0 saturated heterocycles. The molecule has 0 radical (unpaired) electrons. The van der Waals surface area contributed by atoms with Crippen molar-refractivity contribution in [3.05, 3.63) is 23.3 Å². The van der Waals surface area contributed by atoms with Gasteiger partial charge in [0.15, 0.2) is 5.75 Å². The van der Waals surface area contributed by atoms with Crippen molar-refractivity contribution in [1.29, 1.82) is 0 Å². The smallest absolute Gasteiger partial charge is 0.308 e. The first kappa shape index (κ1) is 12.2. The Kier molecular flexibility index (Phi) is 3.66. The second-order valence-electron chi connectivity index (χ2n) is 3.73. The minimum atomic E-state index is -0.406. The molecule has 0 atom stereocenters. The third kappa shape index (κ3) is 3.08. The zero-order valence-corrected chi connectivity index (χ0v) is 9.88. The molecule has 0 heterocycles. The Balaban J connectivity index is 3.20. The number of anilines is 1. The van der Waals surface area contributed by atoms with E-state index in [0.717, 1.165) is 11.1 Å². The number of nitrogens with one attached hydrogen (secondary N) is 1. The van der Waals surface area contributed by atoms with Crippen LogP contribution in [-0.4, -0.2) is 11.9 Å². The summed E-state index contributed by atoms with van der Waals surface area (Å²) in [6.07, 6.45) is 0. The molecule has 0 aliphatic heterocycles. The van der Waals surface area contributed by atoms with Gasteiger partial charge in [-0.05, 0) is 31.0 Å². The molecule has 86 valence electrons. The first-order chi connectivity index (χ1) is 7.40. The molecule has 0 spiro atoms. The predicted octanol–water partition coefficient (Wildman–Crippen LogP) is 2.19. The summed E-state index contributed by atoms with van der Waals surface area (Å²) < 4.78 is 5.05. The first-order valence-electron chi connectivity index (χ1n) is 4.97. The number of hydrogen-bond donors (Lipinski definition) is 1. The number of hydrogen-bond acceptors (Lipinski definition) is 3. The van der Waals surface area contributed by atoms with Gasteiger partial charge in [0, 0.05) is 13.8 Å². The lowest BCUT2D eigenvalue weighted by Gasteiger charge is -2.13. The second kappa shape index (κ2) is 4.79. The summed E-state index contributed by atoms with van der Waals surface area (Å²) in [4.78, 5) is 22.0. The highest BCUT2D eigenvalue weighted by atomic mass is 16.5. The van der Waals surface area contributed by atoms with E-state index in [9.17, 15) is 9.59 Å². The number of amides is 1. The Morgan fingerprint density at radius 1 is 1.19 bits per heavy atom. The lowest BCUT2D eigenvalue weighted by molar-refractivity contribution is -0.131. The number of ether oxygens (including phenoxy) is 1. The molecule has 0 aliphatic rings. The molecule has 1 rings (SSSR count). The summed E-state index contributed by atoms with van der Waals surface area (Å²) in [7, 11) is 0. The third-order valence-corrected chi connectivity index (χ3v) is 2.00. The number of carbonyl (C=O) groups excluding carboxylic acids is 2. The minimum Gasteiger partial charge on any atom is -0.424 e. The molecule has 1 aromatic rings. The molecule has 16 heavy (non-hydrogen) atoms. The lowest BCUT2D eigenvalue weighted by Crippen LogP contribution is -2.11. The van der Waals surface area contributed by atoms with Gasteiger partial charge in [-0.3, -0.25) is 9.59 Å². The molecule has 0 bridgehead atoms. The van der Waals surface area contributed by atoms with Gasteiger partial charge in [0.2, 0.25) is 5.91 Å². The SMILES string of the molecule is CC(=O)Nc1c(C)cc(C)cc1OC(C)=O. The predicted molar refractivity (Wildman–Crippen MR) is 61.5 cm³/mol. The summed E-state index contributed by atoms with van der Waals surface area (Å²) >= 11 is 0. The topological polar surface area (TPSA) is 55.4 Å². The third-order valence-electron chi connectivity index (χ3n) is 2.00. The maximum atomic E-state index is 11.0. The number of benzene rings is 1.